The molecular formula is C16H18ClN5O7S3. The summed E-state index contributed by atoms with van der Waals surface area (Å²) in [6.07, 6.45) is 0. The molecule has 2 aromatic heterocycles. The molecule has 0 atom stereocenters. The SMILES string of the molecule is Cc1cc(C)[n+](-c2ccc(S(=O)(=O)Nc3nnc(S(N)(=O)=O)s3)cc2)c(C)c1.[O-][Cl+2]([O-])[O-]. The van der Waals surface area contributed by atoms with Crippen molar-refractivity contribution in [1.82, 2.24) is 10.2 Å². The lowest BCUT2D eigenvalue weighted by molar-refractivity contribution is -1.73. The summed E-state index contributed by atoms with van der Waals surface area (Å²) in [5.41, 5.74) is 4.01. The van der Waals surface area contributed by atoms with Crippen LogP contribution < -0.4 is 28.4 Å². The largest absolute Gasteiger partial charge is 0.357 e. The Bertz CT molecular complexity index is 1280. The van der Waals surface area contributed by atoms with Crippen LogP contribution >= 0.6 is 11.3 Å². The normalized spacial score (nSPS) is 11.8. The molecule has 2 heterocycles. The highest BCUT2D eigenvalue weighted by molar-refractivity contribution is 7.93. The Hall–Kier alpha value is -2.24. The van der Waals surface area contributed by atoms with E-state index in [0.29, 0.717) is 11.3 Å². The molecule has 0 radical (unpaired) electrons. The lowest BCUT2D eigenvalue weighted by Crippen LogP contribution is -2.42. The van der Waals surface area contributed by atoms with Crippen molar-refractivity contribution in [2.75, 3.05) is 4.72 Å². The third kappa shape index (κ3) is 6.88. The van der Waals surface area contributed by atoms with Gasteiger partial charge in [0.05, 0.1) is 15.7 Å². The number of anilines is 1. The molecule has 3 aromatic rings. The van der Waals surface area contributed by atoms with Gasteiger partial charge in [0, 0.05) is 38.1 Å². The second kappa shape index (κ2) is 10.1. The van der Waals surface area contributed by atoms with Gasteiger partial charge in [0.1, 0.15) is 0 Å². The summed E-state index contributed by atoms with van der Waals surface area (Å²) < 4.78 is 76.5. The molecule has 0 amide bonds. The van der Waals surface area contributed by atoms with Crippen LogP contribution in [0.25, 0.3) is 5.69 Å². The average Bonchev–Trinajstić information content (AvgIpc) is 3.09. The van der Waals surface area contributed by atoms with E-state index < -0.39 is 35.2 Å². The van der Waals surface area contributed by atoms with Crippen molar-refractivity contribution in [3.63, 3.8) is 0 Å². The average molecular weight is 524 g/mol. The lowest BCUT2D eigenvalue weighted by Gasteiger charge is -2.07. The van der Waals surface area contributed by atoms with Crippen LogP contribution in [-0.4, -0.2) is 27.0 Å². The highest BCUT2D eigenvalue weighted by atomic mass is 35.6. The van der Waals surface area contributed by atoms with Crippen molar-refractivity contribution in [1.29, 1.82) is 0 Å². The van der Waals surface area contributed by atoms with Crippen LogP contribution in [0, 0.1) is 31.6 Å². The molecular weight excluding hydrogens is 506 g/mol. The van der Waals surface area contributed by atoms with E-state index in [1.165, 1.54) is 12.1 Å². The standard InChI is InChI=1S/C16H18N5O4S3.ClO3/c1-10-8-11(2)21(12(3)9-10)13-4-6-14(7-5-13)28(24,25)20-15-18-19-16(26-15)27(17,22)23;2-1(3)4/h4-9H,1-3H3,(H,18,20)(H2,17,22,23);/q+1;-1. The fourth-order valence-corrected chi connectivity index (χ4v) is 5.39. The van der Waals surface area contributed by atoms with Gasteiger partial charge in [0.2, 0.25) is 15.2 Å². The van der Waals surface area contributed by atoms with E-state index in [9.17, 15) is 16.8 Å². The van der Waals surface area contributed by atoms with Gasteiger partial charge in [-0.25, -0.2) is 22.0 Å². The third-order valence-electron chi connectivity index (χ3n) is 3.86. The number of nitrogens with zero attached hydrogens (tertiary/aromatic N) is 3. The number of nitrogens with two attached hydrogens (primary N) is 1. The minimum atomic E-state index is -4.04. The Morgan fingerprint density at radius 3 is 1.91 bits per heavy atom. The van der Waals surface area contributed by atoms with Crippen LogP contribution in [-0.2, 0) is 20.0 Å². The fourth-order valence-electron chi connectivity index (χ4n) is 2.83. The Kier molecular flexibility index (Phi) is 8.24. The van der Waals surface area contributed by atoms with E-state index in [2.05, 4.69) is 14.9 Å². The second-order valence-electron chi connectivity index (χ2n) is 6.36. The number of aromatic nitrogens is 3. The van der Waals surface area contributed by atoms with E-state index in [1.54, 1.807) is 12.1 Å². The molecule has 174 valence electrons. The van der Waals surface area contributed by atoms with Crippen LogP contribution in [0.15, 0.2) is 45.6 Å². The number of rotatable bonds is 5. The maximum Gasteiger partial charge on any atom is 0.267 e. The monoisotopic (exact) mass is 523 g/mol. The number of aryl methyl sites for hydroxylation is 3. The van der Waals surface area contributed by atoms with Crippen molar-refractivity contribution in [3.8, 4) is 5.69 Å². The molecule has 12 nitrogen and oxygen atoms in total. The first-order valence-corrected chi connectivity index (χ1v) is 13.2. The summed E-state index contributed by atoms with van der Waals surface area (Å²) in [4.78, 5) is 0.00613. The van der Waals surface area contributed by atoms with Gasteiger partial charge in [-0.05, 0) is 24.6 Å². The molecule has 16 heteroatoms. The summed E-state index contributed by atoms with van der Waals surface area (Å²) in [5, 5.41) is 11.6. The van der Waals surface area contributed by atoms with Gasteiger partial charge in [0.15, 0.2) is 11.4 Å². The van der Waals surface area contributed by atoms with E-state index in [4.69, 9.17) is 19.1 Å². The predicted molar refractivity (Wildman–Crippen MR) is 104 cm³/mol. The van der Waals surface area contributed by atoms with Crippen LogP contribution in [0.1, 0.15) is 17.0 Å². The number of benzene rings is 1. The molecule has 0 bridgehead atoms. The van der Waals surface area contributed by atoms with E-state index in [-0.39, 0.29) is 10.0 Å². The summed E-state index contributed by atoms with van der Waals surface area (Å²) >= 11 is 0.537. The number of hydrogen-bond acceptors (Lipinski definition) is 10. The van der Waals surface area contributed by atoms with Crippen molar-refractivity contribution < 1.29 is 46.2 Å². The molecule has 0 fully saturated rings. The van der Waals surface area contributed by atoms with Crippen molar-refractivity contribution >= 4 is 36.5 Å². The van der Waals surface area contributed by atoms with Gasteiger partial charge in [0.25, 0.3) is 20.0 Å². The summed E-state index contributed by atoms with van der Waals surface area (Å²) in [5.74, 6) is 0. The van der Waals surface area contributed by atoms with Gasteiger partial charge < -0.3 is 14.0 Å². The van der Waals surface area contributed by atoms with Crippen LogP contribution in [0.5, 0.6) is 0 Å². The molecule has 3 N–H and O–H groups in total. The highest BCUT2D eigenvalue weighted by Gasteiger charge is 2.22. The number of sulfonamides is 2. The number of primary sulfonamides is 1. The number of nitrogens with one attached hydrogen (secondary N) is 1. The van der Waals surface area contributed by atoms with Crippen LogP contribution in [0.2, 0.25) is 0 Å². The maximum absolute atomic E-state index is 12.5. The van der Waals surface area contributed by atoms with Crippen molar-refractivity contribution in [2.45, 2.75) is 30.0 Å². The Morgan fingerprint density at radius 2 is 1.47 bits per heavy atom. The zero-order valence-corrected chi connectivity index (χ0v) is 20.0. The molecule has 0 aliphatic rings. The number of hydrogen-bond donors (Lipinski definition) is 2. The van der Waals surface area contributed by atoms with Crippen molar-refractivity contribution in [3.05, 3.63) is 53.3 Å². The highest BCUT2D eigenvalue weighted by Crippen LogP contribution is 2.22. The molecule has 3 rings (SSSR count). The van der Waals surface area contributed by atoms with Gasteiger partial charge in [-0.15, -0.1) is 10.2 Å². The fraction of sp³-hybridized carbons (Fsp3) is 0.188. The van der Waals surface area contributed by atoms with Gasteiger partial charge in [-0.1, -0.05) is 11.3 Å². The lowest BCUT2D eigenvalue weighted by atomic mass is 10.2. The Morgan fingerprint density at radius 1 is 0.969 bits per heavy atom. The zero-order chi connectivity index (χ0) is 24.3. The summed E-state index contributed by atoms with van der Waals surface area (Å²) in [6.45, 7) is 5.97. The van der Waals surface area contributed by atoms with Crippen LogP contribution in [0.4, 0.5) is 5.13 Å². The molecule has 0 aliphatic heterocycles. The molecule has 1 aromatic carbocycles. The first-order chi connectivity index (χ1) is 14.7. The molecule has 0 spiro atoms. The summed E-state index contributed by atoms with van der Waals surface area (Å²) in [6, 6.07) is 10.4. The van der Waals surface area contributed by atoms with Gasteiger partial charge in [-0.3, -0.25) is 4.72 Å². The molecule has 32 heavy (non-hydrogen) atoms. The minimum absolute atomic E-state index is 0.00613. The van der Waals surface area contributed by atoms with Gasteiger partial charge >= 0.3 is 0 Å². The number of halogens is 1. The van der Waals surface area contributed by atoms with E-state index >= 15 is 0 Å². The Labute approximate surface area is 191 Å². The minimum Gasteiger partial charge on any atom is -0.357 e. The quantitative estimate of drug-likeness (QED) is 0.342. The molecule has 0 aliphatic carbocycles. The number of pyridine rings is 1. The molecule has 0 unspecified atom stereocenters. The Balaban J connectivity index is 0.000000837. The smallest absolute Gasteiger partial charge is 0.267 e. The van der Waals surface area contributed by atoms with Crippen LogP contribution in [0.3, 0.4) is 0 Å². The maximum atomic E-state index is 12.5. The predicted octanol–water partition coefficient (Wildman–Crippen LogP) is -2.38. The van der Waals surface area contributed by atoms with Gasteiger partial charge in [-0.2, -0.15) is 4.57 Å². The summed E-state index contributed by atoms with van der Waals surface area (Å²) in [7, 11) is -10.9. The first-order valence-electron chi connectivity index (χ1n) is 8.43. The first kappa shape index (κ1) is 26.0. The second-order valence-corrected chi connectivity index (χ2v) is 11.1. The van der Waals surface area contributed by atoms with Crippen molar-refractivity contribution in [2.24, 2.45) is 5.14 Å². The molecule has 0 saturated carbocycles. The molecule has 0 saturated heterocycles. The van der Waals surface area contributed by atoms with E-state index in [0.717, 1.165) is 22.6 Å². The topological polar surface area (TPSA) is 205 Å². The third-order valence-corrected chi connectivity index (χ3v) is 7.49. The zero-order valence-electron chi connectivity index (χ0n) is 16.8. The van der Waals surface area contributed by atoms with E-state index in [1.807, 2.05) is 37.5 Å².